The van der Waals surface area contributed by atoms with Crippen LogP contribution in [0.2, 0.25) is 5.02 Å². The molecule has 0 saturated heterocycles. The van der Waals surface area contributed by atoms with Crippen LogP contribution in [0, 0.1) is 0 Å². The Bertz CT molecular complexity index is 1010. The molecule has 0 aliphatic heterocycles. The number of benzene rings is 3. The summed E-state index contributed by atoms with van der Waals surface area (Å²) in [5.74, 6) is 1.30. The van der Waals surface area contributed by atoms with Gasteiger partial charge in [-0.15, -0.1) is 0 Å². The van der Waals surface area contributed by atoms with Gasteiger partial charge in [-0.2, -0.15) is 0 Å². The number of aromatic nitrogens is 1. The number of para-hydroxylation sites is 1. The molecular weight excluding hydrogens is 322 g/mol. The Morgan fingerprint density at radius 2 is 1.75 bits per heavy atom. The van der Waals surface area contributed by atoms with Crippen molar-refractivity contribution in [3.05, 3.63) is 71.8 Å². The van der Waals surface area contributed by atoms with Crippen LogP contribution >= 0.6 is 11.6 Å². The quantitative estimate of drug-likeness (QED) is 0.473. The fourth-order valence-electron chi connectivity index (χ4n) is 2.75. The zero-order chi connectivity index (χ0) is 16.5. The molecule has 1 aromatic heterocycles. The van der Waals surface area contributed by atoms with Crippen molar-refractivity contribution in [2.75, 3.05) is 7.11 Å². The summed E-state index contributed by atoms with van der Waals surface area (Å²) < 4.78 is 11.5. The van der Waals surface area contributed by atoms with E-state index in [4.69, 9.17) is 20.8 Å². The zero-order valence-electron chi connectivity index (χ0n) is 13.0. The van der Waals surface area contributed by atoms with E-state index in [2.05, 4.69) is 4.98 Å². The number of rotatable bonds is 3. The van der Waals surface area contributed by atoms with Crippen LogP contribution in [0.1, 0.15) is 0 Å². The van der Waals surface area contributed by atoms with Gasteiger partial charge in [0.15, 0.2) is 5.58 Å². The Hall–Kier alpha value is -2.78. The van der Waals surface area contributed by atoms with E-state index in [9.17, 15) is 0 Å². The van der Waals surface area contributed by atoms with Gasteiger partial charge in [0.1, 0.15) is 11.3 Å². The van der Waals surface area contributed by atoms with Crippen LogP contribution in [0.5, 0.6) is 5.75 Å². The highest BCUT2D eigenvalue weighted by molar-refractivity contribution is 6.30. The molecule has 4 rings (SSSR count). The standard InChI is InChI=1S/C20H14ClNO2/c1-23-18-12-14(21)10-11-15(18)16-8-5-9-17-19(16)24-20(22-17)13-6-3-2-4-7-13/h2-12H,1H3. The molecule has 3 aromatic carbocycles. The first-order valence-electron chi connectivity index (χ1n) is 7.55. The third-order valence-corrected chi connectivity index (χ3v) is 4.12. The summed E-state index contributed by atoms with van der Waals surface area (Å²) in [7, 11) is 1.63. The molecule has 0 unspecified atom stereocenters. The van der Waals surface area contributed by atoms with Crippen LogP contribution < -0.4 is 4.74 Å². The van der Waals surface area contributed by atoms with Gasteiger partial charge in [-0.05, 0) is 36.4 Å². The first-order valence-corrected chi connectivity index (χ1v) is 7.93. The van der Waals surface area contributed by atoms with E-state index in [0.29, 0.717) is 16.7 Å². The predicted molar refractivity (Wildman–Crippen MR) is 96.4 cm³/mol. The van der Waals surface area contributed by atoms with Crippen LogP contribution in [-0.2, 0) is 0 Å². The first-order chi connectivity index (χ1) is 11.8. The number of halogens is 1. The Kier molecular flexibility index (Phi) is 3.71. The third-order valence-electron chi connectivity index (χ3n) is 3.89. The van der Waals surface area contributed by atoms with Crippen LogP contribution in [0.25, 0.3) is 33.7 Å². The Labute approximate surface area is 144 Å². The van der Waals surface area contributed by atoms with E-state index >= 15 is 0 Å². The number of fused-ring (bicyclic) bond motifs is 1. The highest BCUT2D eigenvalue weighted by atomic mass is 35.5. The normalized spacial score (nSPS) is 10.9. The topological polar surface area (TPSA) is 35.3 Å². The van der Waals surface area contributed by atoms with E-state index < -0.39 is 0 Å². The lowest BCUT2D eigenvalue weighted by Crippen LogP contribution is -1.88. The van der Waals surface area contributed by atoms with Gasteiger partial charge < -0.3 is 9.15 Å². The third kappa shape index (κ3) is 2.53. The summed E-state index contributed by atoms with van der Waals surface area (Å²) in [5.41, 5.74) is 4.34. The van der Waals surface area contributed by atoms with E-state index in [1.165, 1.54) is 0 Å². The minimum Gasteiger partial charge on any atom is -0.496 e. The lowest BCUT2D eigenvalue weighted by molar-refractivity contribution is 0.416. The summed E-state index contributed by atoms with van der Waals surface area (Å²) in [4.78, 5) is 4.61. The van der Waals surface area contributed by atoms with Gasteiger partial charge in [0, 0.05) is 21.7 Å². The number of oxazole rings is 1. The minimum absolute atomic E-state index is 0.603. The molecule has 118 valence electrons. The second kappa shape index (κ2) is 6.02. The zero-order valence-corrected chi connectivity index (χ0v) is 13.7. The van der Waals surface area contributed by atoms with Crippen molar-refractivity contribution < 1.29 is 9.15 Å². The molecule has 0 saturated carbocycles. The lowest BCUT2D eigenvalue weighted by atomic mass is 10.0. The van der Waals surface area contributed by atoms with Crippen LogP contribution in [0.4, 0.5) is 0 Å². The summed E-state index contributed by atoms with van der Waals surface area (Å²) in [5, 5.41) is 0.630. The number of hydrogen-bond donors (Lipinski definition) is 0. The summed E-state index contributed by atoms with van der Waals surface area (Å²) in [6.07, 6.45) is 0. The van der Waals surface area contributed by atoms with Gasteiger partial charge in [-0.3, -0.25) is 0 Å². The van der Waals surface area contributed by atoms with Gasteiger partial charge in [-0.25, -0.2) is 4.98 Å². The molecule has 24 heavy (non-hydrogen) atoms. The van der Waals surface area contributed by atoms with Gasteiger partial charge in [0.05, 0.1) is 7.11 Å². The van der Waals surface area contributed by atoms with Gasteiger partial charge in [0.25, 0.3) is 0 Å². The fraction of sp³-hybridized carbons (Fsp3) is 0.0500. The van der Waals surface area contributed by atoms with E-state index in [1.54, 1.807) is 13.2 Å². The fourth-order valence-corrected chi connectivity index (χ4v) is 2.91. The molecule has 0 amide bonds. The molecular formula is C20H14ClNO2. The van der Waals surface area contributed by atoms with Crippen molar-refractivity contribution in [2.24, 2.45) is 0 Å². The van der Waals surface area contributed by atoms with Crippen molar-refractivity contribution in [3.63, 3.8) is 0 Å². The Balaban J connectivity index is 1.93. The number of hydrogen-bond acceptors (Lipinski definition) is 3. The second-order valence-corrected chi connectivity index (χ2v) is 5.82. The van der Waals surface area contributed by atoms with Gasteiger partial charge in [0.2, 0.25) is 5.89 Å². The van der Waals surface area contributed by atoms with Gasteiger partial charge in [-0.1, -0.05) is 41.9 Å². The smallest absolute Gasteiger partial charge is 0.227 e. The second-order valence-electron chi connectivity index (χ2n) is 5.38. The van der Waals surface area contributed by atoms with Crippen molar-refractivity contribution in [1.82, 2.24) is 4.98 Å². The van der Waals surface area contributed by atoms with E-state index in [0.717, 1.165) is 27.8 Å². The number of ether oxygens (including phenoxy) is 1. The highest BCUT2D eigenvalue weighted by Gasteiger charge is 2.15. The molecule has 0 N–H and O–H groups in total. The molecule has 0 spiro atoms. The first kappa shape index (κ1) is 14.8. The largest absolute Gasteiger partial charge is 0.496 e. The maximum atomic E-state index is 6.07. The lowest BCUT2D eigenvalue weighted by Gasteiger charge is -2.09. The molecule has 0 radical (unpaired) electrons. The monoisotopic (exact) mass is 335 g/mol. The Morgan fingerprint density at radius 1 is 0.917 bits per heavy atom. The summed E-state index contributed by atoms with van der Waals surface area (Å²) in [6, 6.07) is 21.3. The average Bonchev–Trinajstić information content (AvgIpc) is 3.07. The molecule has 4 heteroatoms. The minimum atomic E-state index is 0.603. The summed E-state index contributed by atoms with van der Waals surface area (Å²) >= 11 is 6.07. The number of nitrogens with zero attached hydrogens (tertiary/aromatic N) is 1. The summed E-state index contributed by atoms with van der Waals surface area (Å²) in [6.45, 7) is 0. The van der Waals surface area contributed by atoms with E-state index in [-0.39, 0.29) is 0 Å². The molecule has 0 aliphatic rings. The molecule has 3 nitrogen and oxygen atoms in total. The molecule has 0 atom stereocenters. The number of methoxy groups -OCH3 is 1. The maximum absolute atomic E-state index is 6.07. The molecule has 0 fully saturated rings. The van der Waals surface area contributed by atoms with Crippen molar-refractivity contribution in [3.8, 4) is 28.3 Å². The SMILES string of the molecule is COc1cc(Cl)ccc1-c1cccc2nc(-c3ccccc3)oc12. The highest BCUT2D eigenvalue weighted by Crippen LogP contribution is 2.38. The van der Waals surface area contributed by atoms with Crippen LogP contribution in [0.15, 0.2) is 71.1 Å². The predicted octanol–water partition coefficient (Wildman–Crippen LogP) is 5.82. The van der Waals surface area contributed by atoms with Crippen LogP contribution in [-0.4, -0.2) is 12.1 Å². The average molecular weight is 336 g/mol. The molecule has 0 aliphatic carbocycles. The van der Waals surface area contributed by atoms with Crippen molar-refractivity contribution in [1.29, 1.82) is 0 Å². The van der Waals surface area contributed by atoms with E-state index in [1.807, 2.05) is 60.7 Å². The molecule has 1 heterocycles. The van der Waals surface area contributed by atoms with Crippen molar-refractivity contribution >= 4 is 22.7 Å². The van der Waals surface area contributed by atoms with Gasteiger partial charge >= 0.3 is 0 Å². The Morgan fingerprint density at radius 3 is 2.54 bits per heavy atom. The molecule has 4 aromatic rings. The van der Waals surface area contributed by atoms with Crippen molar-refractivity contribution in [2.45, 2.75) is 0 Å². The maximum Gasteiger partial charge on any atom is 0.227 e. The van der Waals surface area contributed by atoms with Crippen LogP contribution in [0.3, 0.4) is 0 Å². The molecule has 0 bridgehead atoms.